The van der Waals surface area contributed by atoms with E-state index in [-0.39, 0.29) is 23.7 Å². The highest BCUT2D eigenvalue weighted by molar-refractivity contribution is 6.28. The predicted octanol–water partition coefficient (Wildman–Crippen LogP) is 1.79. The van der Waals surface area contributed by atoms with Crippen molar-refractivity contribution >= 4 is 29.4 Å². The second-order valence-corrected chi connectivity index (χ2v) is 4.87. The molecular weight excluding hydrogens is 272 g/mol. The summed E-state index contributed by atoms with van der Waals surface area (Å²) in [5.41, 5.74) is 0. The summed E-state index contributed by atoms with van der Waals surface area (Å²) in [6, 6.07) is 1.25. The first-order valence-electron chi connectivity index (χ1n) is 5.75. The summed E-state index contributed by atoms with van der Waals surface area (Å²) in [6.07, 6.45) is 0.221. The molecule has 1 aliphatic heterocycles. The van der Waals surface area contributed by atoms with Gasteiger partial charge in [0, 0.05) is 12.3 Å². The van der Waals surface area contributed by atoms with E-state index in [1.807, 2.05) is 13.8 Å². The number of nitrogens with zero attached hydrogens (tertiary/aromatic N) is 4. The van der Waals surface area contributed by atoms with Gasteiger partial charge in [-0.15, -0.1) is 5.01 Å². The number of hydrogen-bond donors (Lipinski definition) is 1. The molecule has 102 valence electrons. The second-order valence-electron chi connectivity index (χ2n) is 4.53. The van der Waals surface area contributed by atoms with E-state index in [9.17, 15) is 14.7 Å². The number of carbonyl (C=O) groups is 2. The first kappa shape index (κ1) is 13.5. The van der Waals surface area contributed by atoms with Gasteiger partial charge in [-0.1, -0.05) is 13.8 Å². The van der Waals surface area contributed by atoms with Crippen molar-refractivity contribution in [2.24, 2.45) is 5.92 Å². The average molecular weight is 285 g/mol. The highest BCUT2D eigenvalue weighted by Crippen LogP contribution is 2.30. The van der Waals surface area contributed by atoms with E-state index in [2.05, 4.69) is 9.97 Å². The van der Waals surface area contributed by atoms with Crippen molar-refractivity contribution in [3.8, 4) is 0 Å². The molecule has 0 spiro atoms. The quantitative estimate of drug-likeness (QED) is 0.833. The first-order valence-corrected chi connectivity index (χ1v) is 6.13. The molecule has 0 aliphatic carbocycles. The Kier molecular flexibility index (Phi) is 3.57. The van der Waals surface area contributed by atoms with Gasteiger partial charge in [-0.25, -0.2) is 9.78 Å². The van der Waals surface area contributed by atoms with Gasteiger partial charge in [-0.3, -0.25) is 9.80 Å². The SMILES string of the molecule is CC(C)C1CC(=O)N(C(=O)O)N1c1ccnc(Cl)n1. The van der Waals surface area contributed by atoms with Gasteiger partial charge in [0.2, 0.25) is 5.28 Å². The highest BCUT2D eigenvalue weighted by Gasteiger charge is 2.44. The number of rotatable bonds is 2. The van der Waals surface area contributed by atoms with Crippen LogP contribution in [0.4, 0.5) is 10.6 Å². The molecule has 8 heteroatoms. The van der Waals surface area contributed by atoms with Gasteiger partial charge in [0.25, 0.3) is 5.91 Å². The van der Waals surface area contributed by atoms with Crippen molar-refractivity contribution in [1.82, 2.24) is 15.0 Å². The van der Waals surface area contributed by atoms with Crippen LogP contribution < -0.4 is 5.01 Å². The van der Waals surface area contributed by atoms with Crippen molar-refractivity contribution in [1.29, 1.82) is 0 Å². The third kappa shape index (κ3) is 2.46. The molecule has 0 aromatic carbocycles. The van der Waals surface area contributed by atoms with Crippen LogP contribution in [0, 0.1) is 5.92 Å². The summed E-state index contributed by atoms with van der Waals surface area (Å²) in [4.78, 5) is 30.8. The zero-order chi connectivity index (χ0) is 14.2. The number of aromatic nitrogens is 2. The molecule has 1 unspecified atom stereocenters. The van der Waals surface area contributed by atoms with E-state index >= 15 is 0 Å². The van der Waals surface area contributed by atoms with Crippen LogP contribution in [-0.2, 0) is 4.79 Å². The van der Waals surface area contributed by atoms with E-state index in [1.165, 1.54) is 17.3 Å². The molecule has 0 bridgehead atoms. The Morgan fingerprint density at radius 3 is 2.79 bits per heavy atom. The Hall–Kier alpha value is -1.89. The number of imide groups is 1. The third-order valence-electron chi connectivity index (χ3n) is 2.95. The largest absolute Gasteiger partial charge is 0.463 e. The van der Waals surface area contributed by atoms with Crippen molar-refractivity contribution in [3.05, 3.63) is 17.5 Å². The van der Waals surface area contributed by atoms with Crippen LogP contribution in [0.1, 0.15) is 20.3 Å². The maximum Gasteiger partial charge on any atom is 0.433 e. The smallest absolute Gasteiger partial charge is 0.433 e. The molecule has 1 N–H and O–H groups in total. The van der Waals surface area contributed by atoms with Crippen LogP contribution in [-0.4, -0.2) is 38.1 Å². The Bertz CT molecular complexity index is 522. The predicted molar refractivity (Wildman–Crippen MR) is 67.6 cm³/mol. The summed E-state index contributed by atoms with van der Waals surface area (Å²) in [7, 11) is 0. The Morgan fingerprint density at radius 2 is 2.26 bits per heavy atom. The summed E-state index contributed by atoms with van der Waals surface area (Å²) in [5, 5.41) is 11.2. The lowest BCUT2D eigenvalue weighted by Gasteiger charge is -2.31. The summed E-state index contributed by atoms with van der Waals surface area (Å²) < 4.78 is 0. The Balaban J connectivity index is 2.46. The van der Waals surface area contributed by atoms with Crippen molar-refractivity contribution < 1.29 is 14.7 Å². The number of carboxylic acid groups (broad SMARTS) is 1. The number of anilines is 1. The topological polar surface area (TPSA) is 86.6 Å². The minimum absolute atomic E-state index is 0.00435. The zero-order valence-corrected chi connectivity index (χ0v) is 11.2. The van der Waals surface area contributed by atoms with Crippen LogP contribution in [0.3, 0.4) is 0 Å². The highest BCUT2D eigenvalue weighted by atomic mass is 35.5. The van der Waals surface area contributed by atoms with Gasteiger partial charge >= 0.3 is 6.09 Å². The fourth-order valence-electron chi connectivity index (χ4n) is 2.06. The minimum atomic E-state index is -1.33. The van der Waals surface area contributed by atoms with E-state index in [4.69, 9.17) is 11.6 Å². The molecule has 2 heterocycles. The fraction of sp³-hybridized carbons (Fsp3) is 0.455. The monoisotopic (exact) mass is 284 g/mol. The van der Waals surface area contributed by atoms with E-state index in [0.29, 0.717) is 10.8 Å². The van der Waals surface area contributed by atoms with Crippen molar-refractivity contribution in [3.63, 3.8) is 0 Å². The third-order valence-corrected chi connectivity index (χ3v) is 3.13. The number of amides is 2. The van der Waals surface area contributed by atoms with Gasteiger partial charge in [0.1, 0.15) is 0 Å². The maximum atomic E-state index is 11.8. The standard InChI is InChI=1S/C11H13ClN4O3/c1-6(2)7-5-9(17)16(11(18)19)15(7)8-3-4-13-10(12)14-8/h3-4,6-7H,5H2,1-2H3,(H,18,19). The molecule has 0 radical (unpaired) electrons. The lowest BCUT2D eigenvalue weighted by molar-refractivity contribution is -0.126. The fourth-order valence-corrected chi connectivity index (χ4v) is 2.21. The number of hydrogen-bond acceptors (Lipinski definition) is 5. The van der Waals surface area contributed by atoms with Crippen LogP contribution in [0.15, 0.2) is 12.3 Å². The summed E-state index contributed by atoms with van der Waals surface area (Å²) >= 11 is 5.71. The van der Waals surface area contributed by atoms with Gasteiger partial charge in [-0.2, -0.15) is 4.98 Å². The van der Waals surface area contributed by atoms with Gasteiger partial charge in [0.05, 0.1) is 12.5 Å². The van der Waals surface area contributed by atoms with Gasteiger partial charge in [0.15, 0.2) is 5.82 Å². The van der Waals surface area contributed by atoms with Crippen LogP contribution >= 0.6 is 11.6 Å². The maximum absolute atomic E-state index is 11.8. The molecule has 1 saturated heterocycles. The number of halogens is 1. The summed E-state index contributed by atoms with van der Waals surface area (Å²) in [6.45, 7) is 3.83. The molecule has 2 amide bonds. The minimum Gasteiger partial charge on any atom is -0.463 e. The molecule has 19 heavy (non-hydrogen) atoms. The lowest BCUT2D eigenvalue weighted by Crippen LogP contribution is -2.47. The number of hydrazine groups is 1. The molecule has 1 aromatic rings. The molecule has 1 aliphatic rings. The van der Waals surface area contributed by atoms with E-state index < -0.39 is 12.0 Å². The average Bonchev–Trinajstić information content (AvgIpc) is 2.67. The number of carbonyl (C=O) groups excluding carboxylic acids is 1. The summed E-state index contributed by atoms with van der Waals surface area (Å²) in [5.74, 6) is -0.0880. The molecule has 0 saturated carbocycles. The van der Waals surface area contributed by atoms with Gasteiger partial charge in [-0.05, 0) is 17.5 Å². The van der Waals surface area contributed by atoms with E-state index in [1.54, 1.807) is 0 Å². The molecule has 1 fully saturated rings. The molecule has 1 aromatic heterocycles. The van der Waals surface area contributed by atoms with Crippen molar-refractivity contribution in [2.45, 2.75) is 26.3 Å². The zero-order valence-electron chi connectivity index (χ0n) is 10.4. The van der Waals surface area contributed by atoms with Crippen LogP contribution in [0.5, 0.6) is 0 Å². The van der Waals surface area contributed by atoms with Crippen molar-refractivity contribution in [2.75, 3.05) is 5.01 Å². The Morgan fingerprint density at radius 1 is 1.58 bits per heavy atom. The second kappa shape index (κ2) is 5.00. The Labute approximate surface area is 114 Å². The van der Waals surface area contributed by atoms with Crippen LogP contribution in [0.25, 0.3) is 0 Å². The van der Waals surface area contributed by atoms with Crippen LogP contribution in [0.2, 0.25) is 5.28 Å². The van der Waals surface area contributed by atoms with Gasteiger partial charge < -0.3 is 5.11 Å². The normalized spacial score (nSPS) is 19.4. The molecular formula is C11H13ClN4O3. The molecule has 2 rings (SSSR count). The first-order chi connectivity index (χ1) is 8.91. The molecule has 1 atom stereocenters. The molecule has 7 nitrogen and oxygen atoms in total. The lowest BCUT2D eigenvalue weighted by atomic mass is 10.0. The van der Waals surface area contributed by atoms with E-state index in [0.717, 1.165) is 0 Å².